The lowest BCUT2D eigenvalue weighted by atomic mass is 10.2. The molecular formula is C14H12Cl2N2O2. The lowest BCUT2D eigenvalue weighted by Gasteiger charge is -2.17. The highest BCUT2D eigenvalue weighted by Gasteiger charge is 2.15. The van der Waals surface area contributed by atoms with Gasteiger partial charge in [0.1, 0.15) is 10.9 Å². The highest BCUT2D eigenvalue weighted by Crippen LogP contribution is 2.23. The number of aromatic nitrogens is 1. The van der Waals surface area contributed by atoms with E-state index in [1.54, 1.807) is 38.4 Å². The van der Waals surface area contributed by atoms with Crippen LogP contribution in [0, 0.1) is 0 Å². The summed E-state index contributed by atoms with van der Waals surface area (Å²) < 4.78 is 5.08. The first kappa shape index (κ1) is 14.6. The third-order valence-electron chi connectivity index (χ3n) is 2.81. The minimum absolute atomic E-state index is 0.176. The normalized spacial score (nSPS) is 10.2. The number of carbonyl (C=O) groups is 1. The van der Waals surface area contributed by atoms with Crippen molar-refractivity contribution in [2.24, 2.45) is 0 Å². The van der Waals surface area contributed by atoms with Crippen molar-refractivity contribution in [1.29, 1.82) is 0 Å². The summed E-state index contributed by atoms with van der Waals surface area (Å²) in [4.78, 5) is 17.7. The summed E-state index contributed by atoms with van der Waals surface area (Å²) in [6, 6.07) is 8.65. The van der Waals surface area contributed by atoms with Gasteiger partial charge in [-0.15, -0.1) is 0 Å². The molecule has 0 spiro atoms. The molecule has 0 fully saturated rings. The van der Waals surface area contributed by atoms with E-state index in [0.29, 0.717) is 5.56 Å². The van der Waals surface area contributed by atoms with Gasteiger partial charge in [0.2, 0.25) is 0 Å². The second kappa shape index (κ2) is 6.11. The Labute approximate surface area is 126 Å². The van der Waals surface area contributed by atoms with E-state index in [9.17, 15) is 4.79 Å². The molecule has 104 valence electrons. The van der Waals surface area contributed by atoms with Crippen molar-refractivity contribution in [3.05, 3.63) is 52.3 Å². The third-order valence-corrected chi connectivity index (χ3v) is 3.49. The molecule has 2 aromatic rings. The van der Waals surface area contributed by atoms with Crippen LogP contribution in [0.25, 0.3) is 0 Å². The van der Waals surface area contributed by atoms with Crippen LogP contribution < -0.4 is 9.64 Å². The second-order valence-electron chi connectivity index (χ2n) is 4.06. The van der Waals surface area contributed by atoms with E-state index in [1.165, 1.54) is 17.2 Å². The number of pyridine rings is 1. The van der Waals surface area contributed by atoms with Crippen LogP contribution in [0.5, 0.6) is 5.75 Å². The van der Waals surface area contributed by atoms with E-state index in [0.717, 1.165) is 11.4 Å². The topological polar surface area (TPSA) is 42.4 Å². The van der Waals surface area contributed by atoms with Crippen LogP contribution in [0.2, 0.25) is 10.2 Å². The molecular weight excluding hydrogens is 299 g/mol. The number of carbonyl (C=O) groups excluding carboxylic acids is 1. The Kier molecular flexibility index (Phi) is 4.47. The predicted octanol–water partition coefficient (Wildman–Crippen LogP) is 3.67. The minimum atomic E-state index is -0.221. The monoisotopic (exact) mass is 310 g/mol. The van der Waals surface area contributed by atoms with Gasteiger partial charge in [0.05, 0.1) is 17.7 Å². The zero-order valence-corrected chi connectivity index (χ0v) is 12.4. The highest BCUT2D eigenvalue weighted by atomic mass is 35.5. The average Bonchev–Trinajstić information content (AvgIpc) is 2.48. The number of halogens is 2. The van der Waals surface area contributed by atoms with Gasteiger partial charge in [-0.25, -0.2) is 4.98 Å². The van der Waals surface area contributed by atoms with Crippen molar-refractivity contribution in [3.63, 3.8) is 0 Å². The maximum Gasteiger partial charge on any atom is 0.259 e. The van der Waals surface area contributed by atoms with Gasteiger partial charge in [0.15, 0.2) is 0 Å². The van der Waals surface area contributed by atoms with Gasteiger partial charge in [-0.2, -0.15) is 0 Å². The summed E-state index contributed by atoms with van der Waals surface area (Å²) in [6.45, 7) is 0. The molecule has 0 unspecified atom stereocenters. The molecule has 20 heavy (non-hydrogen) atoms. The molecule has 1 heterocycles. The van der Waals surface area contributed by atoms with Crippen molar-refractivity contribution < 1.29 is 9.53 Å². The molecule has 6 heteroatoms. The molecule has 0 radical (unpaired) electrons. The molecule has 0 atom stereocenters. The zero-order chi connectivity index (χ0) is 14.7. The average molecular weight is 311 g/mol. The van der Waals surface area contributed by atoms with Gasteiger partial charge >= 0.3 is 0 Å². The quantitative estimate of drug-likeness (QED) is 0.812. The number of methoxy groups -OCH3 is 1. The lowest BCUT2D eigenvalue weighted by Crippen LogP contribution is -2.26. The van der Waals surface area contributed by atoms with E-state index in [1.807, 2.05) is 0 Å². The molecule has 0 saturated heterocycles. The Morgan fingerprint density at radius 3 is 2.45 bits per heavy atom. The largest absolute Gasteiger partial charge is 0.497 e. The molecule has 0 saturated carbocycles. The number of nitrogens with zero attached hydrogens (tertiary/aromatic N) is 2. The van der Waals surface area contributed by atoms with E-state index in [2.05, 4.69) is 4.98 Å². The SMILES string of the molecule is COc1ccc(N(C)C(=O)c2cnc(Cl)c(Cl)c2)cc1. The van der Waals surface area contributed by atoms with Crippen molar-refractivity contribution in [3.8, 4) is 5.75 Å². The molecule has 4 nitrogen and oxygen atoms in total. The molecule has 1 aromatic carbocycles. The van der Waals surface area contributed by atoms with Gasteiger partial charge in [0, 0.05) is 18.9 Å². The van der Waals surface area contributed by atoms with Gasteiger partial charge in [-0.05, 0) is 30.3 Å². The number of rotatable bonds is 3. The molecule has 2 rings (SSSR count). The summed E-state index contributed by atoms with van der Waals surface area (Å²) in [5.74, 6) is 0.507. The van der Waals surface area contributed by atoms with Crippen LogP contribution in [0.15, 0.2) is 36.5 Å². The van der Waals surface area contributed by atoms with E-state index >= 15 is 0 Å². The summed E-state index contributed by atoms with van der Waals surface area (Å²) in [5, 5.41) is 0.427. The van der Waals surface area contributed by atoms with Gasteiger partial charge in [-0.3, -0.25) is 4.79 Å². The molecule has 1 amide bonds. The number of anilines is 1. The fourth-order valence-corrected chi connectivity index (χ4v) is 1.92. The third kappa shape index (κ3) is 3.03. The minimum Gasteiger partial charge on any atom is -0.497 e. The van der Waals surface area contributed by atoms with Gasteiger partial charge < -0.3 is 9.64 Å². The smallest absolute Gasteiger partial charge is 0.259 e. The summed E-state index contributed by atoms with van der Waals surface area (Å²) in [7, 11) is 3.26. The predicted molar refractivity (Wildman–Crippen MR) is 80.0 cm³/mol. The number of hydrogen-bond acceptors (Lipinski definition) is 3. The number of benzene rings is 1. The van der Waals surface area contributed by atoms with Crippen LogP contribution in [0.3, 0.4) is 0 Å². The number of ether oxygens (including phenoxy) is 1. The molecule has 0 bridgehead atoms. The Hall–Kier alpha value is -1.78. The fraction of sp³-hybridized carbons (Fsp3) is 0.143. The van der Waals surface area contributed by atoms with Crippen molar-refractivity contribution in [2.75, 3.05) is 19.1 Å². The Bertz CT molecular complexity index is 630. The maximum absolute atomic E-state index is 12.3. The standard InChI is InChI=1S/C14H12Cl2N2O2/c1-18(10-3-5-11(20-2)6-4-10)14(19)9-7-12(15)13(16)17-8-9/h3-8H,1-2H3. The highest BCUT2D eigenvalue weighted by molar-refractivity contribution is 6.41. The Balaban J connectivity index is 2.24. The van der Waals surface area contributed by atoms with Gasteiger partial charge in [-0.1, -0.05) is 23.2 Å². The number of amides is 1. The first-order valence-electron chi connectivity index (χ1n) is 5.76. The van der Waals surface area contributed by atoms with E-state index < -0.39 is 0 Å². The van der Waals surface area contributed by atoms with Crippen LogP contribution in [-0.2, 0) is 0 Å². The number of hydrogen-bond donors (Lipinski definition) is 0. The lowest BCUT2D eigenvalue weighted by molar-refractivity contribution is 0.0992. The van der Waals surface area contributed by atoms with Crippen LogP contribution in [0.1, 0.15) is 10.4 Å². The molecule has 0 aliphatic heterocycles. The first-order chi connectivity index (χ1) is 9.52. The summed E-state index contributed by atoms with van der Waals surface area (Å²) in [5.41, 5.74) is 1.11. The van der Waals surface area contributed by atoms with Crippen molar-refractivity contribution in [2.45, 2.75) is 0 Å². The molecule has 1 aromatic heterocycles. The van der Waals surface area contributed by atoms with Crippen molar-refractivity contribution in [1.82, 2.24) is 4.98 Å². The van der Waals surface area contributed by atoms with Gasteiger partial charge in [0.25, 0.3) is 5.91 Å². The zero-order valence-electron chi connectivity index (χ0n) is 10.9. The second-order valence-corrected chi connectivity index (χ2v) is 4.82. The summed E-state index contributed by atoms with van der Waals surface area (Å²) in [6.07, 6.45) is 1.40. The van der Waals surface area contributed by atoms with Crippen LogP contribution >= 0.6 is 23.2 Å². The van der Waals surface area contributed by atoms with Crippen LogP contribution in [0.4, 0.5) is 5.69 Å². The van der Waals surface area contributed by atoms with E-state index in [-0.39, 0.29) is 16.1 Å². The molecule has 0 aliphatic carbocycles. The first-order valence-corrected chi connectivity index (χ1v) is 6.51. The van der Waals surface area contributed by atoms with E-state index in [4.69, 9.17) is 27.9 Å². The Morgan fingerprint density at radius 1 is 1.25 bits per heavy atom. The summed E-state index contributed by atoms with van der Waals surface area (Å²) >= 11 is 11.6. The maximum atomic E-state index is 12.3. The fourth-order valence-electron chi connectivity index (χ4n) is 1.65. The van der Waals surface area contributed by atoms with Crippen LogP contribution in [-0.4, -0.2) is 25.0 Å². The molecule has 0 aliphatic rings. The van der Waals surface area contributed by atoms with Crippen molar-refractivity contribution >= 4 is 34.8 Å². The molecule has 0 N–H and O–H groups in total. The Morgan fingerprint density at radius 2 is 1.90 bits per heavy atom.